The molecule has 0 aliphatic carbocycles. The van der Waals surface area contributed by atoms with E-state index in [1.165, 1.54) is 56.1 Å². The summed E-state index contributed by atoms with van der Waals surface area (Å²) >= 11 is 0. The first-order valence-electron chi connectivity index (χ1n) is 13.4. The highest BCUT2D eigenvalue weighted by atomic mass is 16.7. The maximum absolute atomic E-state index is 6.05. The molecule has 0 saturated carbocycles. The van der Waals surface area contributed by atoms with Gasteiger partial charge in [-0.2, -0.15) is 0 Å². The molecule has 2 aromatic rings. The van der Waals surface area contributed by atoms with Crippen molar-refractivity contribution in [3.8, 4) is 16.9 Å². The number of hydrogen-bond acceptors (Lipinski definition) is 3. The van der Waals surface area contributed by atoms with Crippen molar-refractivity contribution in [2.45, 2.75) is 77.9 Å². The number of benzene rings is 2. The zero-order chi connectivity index (χ0) is 24.0. The molecule has 0 aromatic heterocycles. The highest BCUT2D eigenvalue weighted by Crippen LogP contribution is 2.30. The van der Waals surface area contributed by atoms with Gasteiger partial charge in [-0.1, -0.05) is 88.4 Å². The van der Waals surface area contributed by atoms with E-state index in [4.69, 9.17) is 14.2 Å². The summed E-state index contributed by atoms with van der Waals surface area (Å²) in [5, 5.41) is 0. The SMILES string of the molecule is C=CCCCCCCOc1ccc(-c2ccc(C3OCC(CCC[C@@H](C)CC)CO3)cc2)cc1. The number of allylic oxidation sites excluding steroid dienone is 1. The topological polar surface area (TPSA) is 27.7 Å². The van der Waals surface area contributed by atoms with E-state index < -0.39 is 0 Å². The molecule has 1 fully saturated rings. The molecular formula is C31H44O3. The van der Waals surface area contributed by atoms with Crippen LogP contribution in [0.4, 0.5) is 0 Å². The van der Waals surface area contributed by atoms with Gasteiger partial charge in [-0.3, -0.25) is 0 Å². The molecular weight excluding hydrogens is 420 g/mol. The Hall–Kier alpha value is -2.10. The van der Waals surface area contributed by atoms with Crippen LogP contribution in [0.1, 0.15) is 83.5 Å². The number of hydrogen-bond donors (Lipinski definition) is 0. The van der Waals surface area contributed by atoms with Crippen LogP contribution in [0.15, 0.2) is 61.2 Å². The highest BCUT2D eigenvalue weighted by Gasteiger charge is 2.23. The first kappa shape index (κ1) is 26.5. The average Bonchev–Trinajstić information content (AvgIpc) is 2.89. The van der Waals surface area contributed by atoms with Crippen LogP contribution in [-0.4, -0.2) is 19.8 Å². The van der Waals surface area contributed by atoms with Gasteiger partial charge in [0.2, 0.25) is 0 Å². The molecule has 3 heteroatoms. The Labute approximate surface area is 207 Å². The smallest absolute Gasteiger partial charge is 0.183 e. The van der Waals surface area contributed by atoms with Crippen LogP contribution in [0, 0.1) is 11.8 Å². The summed E-state index contributed by atoms with van der Waals surface area (Å²) in [4.78, 5) is 0. The largest absolute Gasteiger partial charge is 0.494 e. The maximum Gasteiger partial charge on any atom is 0.183 e. The third kappa shape index (κ3) is 8.92. The third-order valence-corrected chi connectivity index (χ3v) is 6.91. The lowest BCUT2D eigenvalue weighted by Gasteiger charge is -2.30. The fourth-order valence-corrected chi connectivity index (χ4v) is 4.37. The van der Waals surface area contributed by atoms with Crippen molar-refractivity contribution in [2.24, 2.45) is 11.8 Å². The van der Waals surface area contributed by atoms with E-state index in [0.29, 0.717) is 5.92 Å². The normalized spacial score (nSPS) is 19.0. The van der Waals surface area contributed by atoms with Gasteiger partial charge in [-0.15, -0.1) is 6.58 Å². The van der Waals surface area contributed by atoms with Gasteiger partial charge in [0.1, 0.15) is 5.75 Å². The van der Waals surface area contributed by atoms with Gasteiger partial charge in [0.05, 0.1) is 19.8 Å². The highest BCUT2D eigenvalue weighted by molar-refractivity contribution is 5.64. The Kier molecular flexibility index (Phi) is 11.7. The minimum atomic E-state index is -0.243. The van der Waals surface area contributed by atoms with Gasteiger partial charge in [0.15, 0.2) is 6.29 Å². The van der Waals surface area contributed by atoms with Crippen LogP contribution in [0.25, 0.3) is 11.1 Å². The molecule has 34 heavy (non-hydrogen) atoms. The van der Waals surface area contributed by atoms with Crippen molar-refractivity contribution in [1.29, 1.82) is 0 Å². The standard InChI is InChI=1S/C31H44O3/c1-4-6-7-8-9-10-22-32-30-20-18-28(19-21-30)27-14-16-29(17-15-27)31-33-23-26(24-34-31)13-11-12-25(3)5-2/h4,14-21,25-26,31H,1,5-13,22-24H2,2-3H3/t25-,26?,31?/m0/s1. The van der Waals surface area contributed by atoms with Gasteiger partial charge in [-0.05, 0) is 54.9 Å². The van der Waals surface area contributed by atoms with Gasteiger partial charge in [0.25, 0.3) is 0 Å². The summed E-state index contributed by atoms with van der Waals surface area (Å²) in [5.41, 5.74) is 3.47. The fourth-order valence-electron chi connectivity index (χ4n) is 4.37. The zero-order valence-corrected chi connectivity index (χ0v) is 21.3. The molecule has 186 valence electrons. The molecule has 1 heterocycles. The summed E-state index contributed by atoms with van der Waals surface area (Å²) in [6, 6.07) is 16.9. The Bertz CT molecular complexity index is 804. The van der Waals surface area contributed by atoms with Crippen molar-refractivity contribution in [3.63, 3.8) is 0 Å². The van der Waals surface area contributed by atoms with Crippen molar-refractivity contribution in [3.05, 3.63) is 66.7 Å². The van der Waals surface area contributed by atoms with Crippen molar-refractivity contribution in [2.75, 3.05) is 19.8 Å². The molecule has 0 N–H and O–H groups in total. The predicted octanol–water partition coefficient (Wildman–Crippen LogP) is 8.75. The van der Waals surface area contributed by atoms with E-state index in [9.17, 15) is 0 Å². The summed E-state index contributed by atoms with van der Waals surface area (Å²) in [6.45, 7) is 10.7. The van der Waals surface area contributed by atoms with E-state index >= 15 is 0 Å². The number of rotatable bonds is 15. The van der Waals surface area contributed by atoms with E-state index in [1.807, 2.05) is 6.08 Å². The lowest BCUT2D eigenvalue weighted by molar-refractivity contribution is -0.206. The molecule has 0 amide bonds. The first-order valence-corrected chi connectivity index (χ1v) is 13.4. The van der Waals surface area contributed by atoms with Gasteiger partial charge in [-0.25, -0.2) is 0 Å². The lowest BCUT2D eigenvalue weighted by atomic mass is 9.96. The second-order valence-electron chi connectivity index (χ2n) is 9.80. The molecule has 2 aromatic carbocycles. The second kappa shape index (κ2) is 15.0. The summed E-state index contributed by atoms with van der Waals surface area (Å²) in [5.74, 6) is 2.29. The molecule has 0 bridgehead atoms. The molecule has 1 atom stereocenters. The van der Waals surface area contributed by atoms with Crippen LogP contribution in [0.3, 0.4) is 0 Å². The van der Waals surface area contributed by atoms with Crippen molar-refractivity contribution in [1.82, 2.24) is 0 Å². The first-order chi connectivity index (χ1) is 16.7. The fraction of sp³-hybridized carbons (Fsp3) is 0.548. The quantitative estimate of drug-likeness (QED) is 0.195. The van der Waals surface area contributed by atoms with E-state index in [2.05, 4.69) is 69.0 Å². The Balaban J connectivity index is 1.39. The maximum atomic E-state index is 6.05. The Morgan fingerprint density at radius 3 is 2.21 bits per heavy atom. The average molecular weight is 465 g/mol. The second-order valence-corrected chi connectivity index (χ2v) is 9.80. The van der Waals surface area contributed by atoms with E-state index in [-0.39, 0.29) is 6.29 Å². The van der Waals surface area contributed by atoms with E-state index in [1.54, 1.807) is 0 Å². The molecule has 0 spiro atoms. The lowest BCUT2D eigenvalue weighted by Crippen LogP contribution is -2.27. The molecule has 0 unspecified atom stereocenters. The Morgan fingerprint density at radius 2 is 1.56 bits per heavy atom. The third-order valence-electron chi connectivity index (χ3n) is 6.91. The molecule has 3 nitrogen and oxygen atoms in total. The Morgan fingerprint density at radius 1 is 0.912 bits per heavy atom. The molecule has 1 saturated heterocycles. The van der Waals surface area contributed by atoms with Gasteiger partial charge in [0, 0.05) is 11.5 Å². The molecule has 1 aliphatic rings. The van der Waals surface area contributed by atoms with E-state index in [0.717, 1.165) is 49.9 Å². The molecule has 3 rings (SSSR count). The number of ether oxygens (including phenoxy) is 3. The van der Waals surface area contributed by atoms with Crippen LogP contribution in [-0.2, 0) is 9.47 Å². The summed E-state index contributed by atoms with van der Waals surface area (Å²) in [6.07, 6.45) is 12.7. The van der Waals surface area contributed by atoms with Crippen molar-refractivity contribution < 1.29 is 14.2 Å². The van der Waals surface area contributed by atoms with Crippen LogP contribution < -0.4 is 4.74 Å². The van der Waals surface area contributed by atoms with Crippen LogP contribution in [0.5, 0.6) is 5.75 Å². The predicted molar refractivity (Wildman–Crippen MR) is 142 cm³/mol. The minimum Gasteiger partial charge on any atom is -0.494 e. The van der Waals surface area contributed by atoms with Gasteiger partial charge < -0.3 is 14.2 Å². The van der Waals surface area contributed by atoms with Gasteiger partial charge >= 0.3 is 0 Å². The van der Waals surface area contributed by atoms with Crippen LogP contribution in [0.2, 0.25) is 0 Å². The van der Waals surface area contributed by atoms with Crippen LogP contribution >= 0.6 is 0 Å². The number of unbranched alkanes of at least 4 members (excludes halogenated alkanes) is 4. The summed E-state index contributed by atoms with van der Waals surface area (Å²) < 4.78 is 18.0. The minimum absolute atomic E-state index is 0.243. The van der Waals surface area contributed by atoms with Crippen molar-refractivity contribution >= 4 is 0 Å². The molecule has 1 aliphatic heterocycles. The molecule has 0 radical (unpaired) electrons. The monoisotopic (exact) mass is 464 g/mol. The zero-order valence-electron chi connectivity index (χ0n) is 21.3. The summed E-state index contributed by atoms with van der Waals surface area (Å²) in [7, 11) is 0.